The molecule has 0 unspecified atom stereocenters. The van der Waals surface area contributed by atoms with Gasteiger partial charge >= 0.3 is 5.63 Å². The molecular weight excluding hydrogens is 366 g/mol. The molecule has 1 aromatic heterocycles. The fourth-order valence-electron chi connectivity index (χ4n) is 5.05. The van der Waals surface area contributed by atoms with Gasteiger partial charge in [-0.3, -0.25) is 4.79 Å². The lowest BCUT2D eigenvalue weighted by atomic mass is 9.76. The van der Waals surface area contributed by atoms with Gasteiger partial charge in [0.25, 0.3) is 5.91 Å². The first kappa shape index (κ1) is 19.9. The molecule has 2 heterocycles. The summed E-state index contributed by atoms with van der Waals surface area (Å²) in [5, 5.41) is 10.5. The molecule has 1 saturated carbocycles. The normalized spacial score (nSPS) is 24.2. The summed E-state index contributed by atoms with van der Waals surface area (Å²) in [6.07, 6.45) is 5.61. The Balaban J connectivity index is 1.50. The van der Waals surface area contributed by atoms with Gasteiger partial charge in [0.1, 0.15) is 11.3 Å². The molecule has 0 radical (unpaired) electrons. The number of nitrogens with zero attached hydrogens (tertiary/aromatic N) is 1. The Hall–Kier alpha value is -2.40. The summed E-state index contributed by atoms with van der Waals surface area (Å²) in [6, 6.07) is 11.9. The van der Waals surface area contributed by atoms with Gasteiger partial charge in [0, 0.05) is 24.9 Å². The van der Waals surface area contributed by atoms with Crippen LogP contribution < -0.4 is 5.63 Å². The molecule has 2 aliphatic rings. The molecule has 2 atom stereocenters. The van der Waals surface area contributed by atoms with Crippen LogP contribution in [0.3, 0.4) is 0 Å². The van der Waals surface area contributed by atoms with Crippen molar-refractivity contribution in [1.82, 2.24) is 4.90 Å². The summed E-state index contributed by atoms with van der Waals surface area (Å²) in [7, 11) is 0. The second-order valence-corrected chi connectivity index (χ2v) is 8.64. The van der Waals surface area contributed by atoms with Crippen molar-refractivity contribution in [2.24, 2.45) is 5.41 Å². The van der Waals surface area contributed by atoms with Crippen LogP contribution >= 0.6 is 0 Å². The lowest BCUT2D eigenvalue weighted by Crippen LogP contribution is -2.50. The largest absolute Gasteiger partial charge is 0.427 e. The summed E-state index contributed by atoms with van der Waals surface area (Å²) in [5.74, 6) is 0.346. The molecule has 1 aromatic carbocycles. The zero-order chi connectivity index (χ0) is 20.4. The van der Waals surface area contributed by atoms with Crippen molar-refractivity contribution in [2.75, 3.05) is 13.1 Å². The number of aryl methyl sites for hydroxylation is 3. The van der Waals surface area contributed by atoms with Crippen LogP contribution in [-0.2, 0) is 12.8 Å². The van der Waals surface area contributed by atoms with Crippen molar-refractivity contribution < 1.29 is 14.3 Å². The fourth-order valence-corrected chi connectivity index (χ4v) is 5.05. The number of aliphatic hydroxyl groups is 1. The number of likely N-dealkylation sites (tertiary alicyclic amines) is 1. The SMILES string of the molecule is Cc1cc(CCc2ccccc2)oc(=O)c1C(=O)N1CCC[C@]2(CCC[C@H]2O)C1. The Bertz CT molecular complexity index is 936. The van der Waals surface area contributed by atoms with Crippen molar-refractivity contribution in [1.29, 1.82) is 0 Å². The fraction of sp³-hybridized carbons (Fsp3) is 0.500. The highest BCUT2D eigenvalue weighted by Crippen LogP contribution is 2.45. The van der Waals surface area contributed by atoms with Gasteiger partial charge < -0.3 is 14.4 Å². The molecule has 0 bridgehead atoms. The topological polar surface area (TPSA) is 70.8 Å². The molecule has 154 valence electrons. The second-order valence-electron chi connectivity index (χ2n) is 8.64. The van der Waals surface area contributed by atoms with Crippen molar-refractivity contribution in [3.05, 3.63) is 69.3 Å². The van der Waals surface area contributed by atoms with Crippen LogP contribution in [0.2, 0.25) is 0 Å². The second kappa shape index (κ2) is 8.15. The molecule has 4 rings (SSSR count). The molecule has 1 saturated heterocycles. The van der Waals surface area contributed by atoms with Crippen LogP contribution in [0, 0.1) is 12.3 Å². The maximum Gasteiger partial charge on any atom is 0.349 e. The number of benzene rings is 1. The predicted molar refractivity (Wildman–Crippen MR) is 111 cm³/mol. The Labute approximate surface area is 171 Å². The van der Waals surface area contributed by atoms with Gasteiger partial charge in [0.15, 0.2) is 0 Å². The van der Waals surface area contributed by atoms with Gasteiger partial charge in [-0.25, -0.2) is 4.79 Å². The van der Waals surface area contributed by atoms with Crippen molar-refractivity contribution in [3.8, 4) is 0 Å². The first-order valence-corrected chi connectivity index (χ1v) is 10.6. The van der Waals surface area contributed by atoms with Gasteiger partial charge in [-0.1, -0.05) is 36.8 Å². The number of rotatable bonds is 4. The van der Waals surface area contributed by atoms with E-state index in [1.807, 2.05) is 36.4 Å². The molecule has 29 heavy (non-hydrogen) atoms. The monoisotopic (exact) mass is 395 g/mol. The maximum absolute atomic E-state index is 13.2. The van der Waals surface area contributed by atoms with E-state index in [9.17, 15) is 14.7 Å². The molecule has 1 spiro atoms. The van der Waals surface area contributed by atoms with Crippen LogP contribution in [0.25, 0.3) is 0 Å². The van der Waals surface area contributed by atoms with Gasteiger partial charge in [-0.05, 0) is 56.2 Å². The van der Waals surface area contributed by atoms with Crippen LogP contribution in [0.5, 0.6) is 0 Å². The molecule has 1 aliphatic carbocycles. The highest BCUT2D eigenvalue weighted by atomic mass is 16.4. The number of amides is 1. The van der Waals surface area contributed by atoms with Gasteiger partial charge in [0.05, 0.1) is 6.10 Å². The number of piperidine rings is 1. The summed E-state index contributed by atoms with van der Waals surface area (Å²) in [4.78, 5) is 27.6. The standard InChI is InChI=1S/C24H29NO4/c1-17-15-19(11-10-18-7-3-2-4-8-18)29-23(28)21(17)22(27)25-14-6-13-24(16-25)12-5-9-20(24)26/h2-4,7-8,15,20,26H,5-6,9-14,16H2,1H3/t20-,24-/m1/s1. The summed E-state index contributed by atoms with van der Waals surface area (Å²) < 4.78 is 5.51. The van der Waals surface area contributed by atoms with Crippen LogP contribution in [0.4, 0.5) is 0 Å². The van der Waals surface area contributed by atoms with E-state index >= 15 is 0 Å². The van der Waals surface area contributed by atoms with Gasteiger partial charge in [0.2, 0.25) is 0 Å². The smallest absolute Gasteiger partial charge is 0.349 e. The third-order valence-corrected chi connectivity index (χ3v) is 6.67. The molecular formula is C24H29NO4. The molecule has 5 nitrogen and oxygen atoms in total. The van der Waals surface area contributed by atoms with E-state index < -0.39 is 5.63 Å². The molecule has 2 fully saturated rings. The average molecular weight is 395 g/mol. The zero-order valence-electron chi connectivity index (χ0n) is 17.0. The van der Waals surface area contributed by atoms with E-state index in [1.165, 1.54) is 5.56 Å². The lowest BCUT2D eigenvalue weighted by Gasteiger charge is -2.42. The summed E-state index contributed by atoms with van der Waals surface area (Å²) in [5.41, 5.74) is 1.24. The third-order valence-electron chi connectivity index (χ3n) is 6.67. The number of carbonyl (C=O) groups excluding carboxylic acids is 1. The van der Waals surface area contributed by atoms with Crippen molar-refractivity contribution >= 4 is 5.91 Å². The highest BCUT2D eigenvalue weighted by Gasteiger charge is 2.46. The van der Waals surface area contributed by atoms with E-state index in [0.29, 0.717) is 30.8 Å². The number of aliphatic hydroxyl groups excluding tert-OH is 1. The summed E-state index contributed by atoms with van der Waals surface area (Å²) in [6.45, 7) is 2.96. The molecule has 2 aromatic rings. The maximum atomic E-state index is 13.2. The first-order chi connectivity index (χ1) is 14.0. The number of hydrogen-bond acceptors (Lipinski definition) is 4. The van der Waals surface area contributed by atoms with E-state index in [2.05, 4.69) is 0 Å². The first-order valence-electron chi connectivity index (χ1n) is 10.6. The average Bonchev–Trinajstić information content (AvgIpc) is 3.06. The van der Waals surface area contributed by atoms with Crippen molar-refractivity contribution in [2.45, 2.75) is 58.0 Å². The Kier molecular flexibility index (Phi) is 5.59. The zero-order valence-corrected chi connectivity index (χ0v) is 17.0. The van der Waals surface area contributed by atoms with Gasteiger partial charge in [-0.15, -0.1) is 0 Å². The molecule has 1 aliphatic heterocycles. The minimum absolute atomic E-state index is 0.137. The van der Waals surface area contributed by atoms with Crippen LogP contribution in [-0.4, -0.2) is 35.1 Å². The minimum Gasteiger partial charge on any atom is -0.427 e. The Morgan fingerprint density at radius 1 is 1.21 bits per heavy atom. The van der Waals surface area contributed by atoms with E-state index in [0.717, 1.165) is 38.5 Å². The predicted octanol–water partition coefficient (Wildman–Crippen LogP) is 3.50. The van der Waals surface area contributed by atoms with E-state index in [4.69, 9.17) is 4.42 Å². The highest BCUT2D eigenvalue weighted by molar-refractivity contribution is 5.95. The Morgan fingerprint density at radius 3 is 2.66 bits per heavy atom. The number of carbonyl (C=O) groups is 1. The quantitative estimate of drug-likeness (QED) is 0.860. The van der Waals surface area contributed by atoms with Crippen molar-refractivity contribution in [3.63, 3.8) is 0 Å². The lowest BCUT2D eigenvalue weighted by molar-refractivity contribution is -0.00552. The number of hydrogen-bond donors (Lipinski definition) is 1. The molecule has 5 heteroatoms. The van der Waals surface area contributed by atoms with E-state index in [-0.39, 0.29) is 23.0 Å². The third kappa shape index (κ3) is 4.01. The van der Waals surface area contributed by atoms with Crippen LogP contribution in [0.1, 0.15) is 59.3 Å². The van der Waals surface area contributed by atoms with E-state index in [1.54, 1.807) is 11.8 Å². The molecule has 1 N–H and O–H groups in total. The molecule has 1 amide bonds. The minimum atomic E-state index is -0.551. The van der Waals surface area contributed by atoms with Crippen LogP contribution in [0.15, 0.2) is 45.6 Å². The summed E-state index contributed by atoms with van der Waals surface area (Å²) >= 11 is 0. The van der Waals surface area contributed by atoms with Gasteiger partial charge in [-0.2, -0.15) is 0 Å². The Morgan fingerprint density at radius 2 is 1.97 bits per heavy atom.